The molecule has 5 nitrogen and oxygen atoms in total. The van der Waals surface area contributed by atoms with Crippen LogP contribution in [-0.4, -0.2) is 20.2 Å². The zero-order valence-electron chi connectivity index (χ0n) is 6.64. The molecule has 0 amide bonds. The molecule has 6 heteroatoms. The first-order valence-electron chi connectivity index (χ1n) is 3.43. The van der Waals surface area contributed by atoms with E-state index in [1.54, 1.807) is 24.7 Å². The van der Waals surface area contributed by atoms with Gasteiger partial charge in [-0.2, -0.15) is 5.10 Å². The Kier molecular flexibility index (Phi) is 2.81. The van der Waals surface area contributed by atoms with Crippen LogP contribution in [0.3, 0.4) is 0 Å². The molecule has 0 atom stereocenters. The lowest BCUT2D eigenvalue weighted by Gasteiger charge is -1.91. The van der Waals surface area contributed by atoms with Crippen LogP contribution < -0.4 is 5.73 Å². The van der Waals surface area contributed by atoms with Gasteiger partial charge in [-0.15, -0.1) is 12.4 Å². The summed E-state index contributed by atoms with van der Waals surface area (Å²) in [5.74, 6) is 0.454. The molecule has 2 aromatic heterocycles. The fourth-order valence-corrected chi connectivity index (χ4v) is 0.907. The van der Waals surface area contributed by atoms with Crippen LogP contribution in [0.1, 0.15) is 0 Å². The predicted octanol–water partition coefficient (Wildman–Crippen LogP) is 0.871. The van der Waals surface area contributed by atoms with Crippen molar-refractivity contribution >= 4 is 18.2 Å². The van der Waals surface area contributed by atoms with Gasteiger partial charge in [0.2, 0.25) is 0 Å². The van der Waals surface area contributed by atoms with E-state index in [2.05, 4.69) is 20.2 Å². The van der Waals surface area contributed by atoms with Crippen LogP contribution in [0.25, 0.3) is 11.4 Å². The van der Waals surface area contributed by atoms with Crippen molar-refractivity contribution in [2.75, 3.05) is 5.73 Å². The number of nitrogens with one attached hydrogen (secondary N) is 1. The molecule has 2 heterocycles. The second kappa shape index (κ2) is 3.86. The summed E-state index contributed by atoms with van der Waals surface area (Å²) in [4.78, 5) is 7.99. The summed E-state index contributed by atoms with van der Waals surface area (Å²) in [5, 5.41) is 6.52. The van der Waals surface area contributed by atoms with Crippen LogP contribution in [-0.2, 0) is 0 Å². The number of H-pyrrole nitrogens is 1. The average molecular weight is 198 g/mol. The van der Waals surface area contributed by atoms with E-state index in [1.807, 2.05) is 0 Å². The molecule has 0 unspecified atom stereocenters. The fraction of sp³-hybridized carbons (Fsp3) is 0. The SMILES string of the molecule is Cl.Nc1cc(-c2cnccn2)[nH]n1. The molecular formula is C7H8ClN5. The third-order valence-corrected chi connectivity index (χ3v) is 1.44. The third-order valence-electron chi connectivity index (χ3n) is 1.44. The smallest absolute Gasteiger partial charge is 0.145 e. The lowest BCUT2D eigenvalue weighted by molar-refractivity contribution is 1.08. The molecule has 0 spiro atoms. The molecule has 0 aromatic carbocycles. The van der Waals surface area contributed by atoms with Crippen molar-refractivity contribution in [1.29, 1.82) is 0 Å². The van der Waals surface area contributed by atoms with Crippen molar-refractivity contribution in [1.82, 2.24) is 20.2 Å². The number of aromatic amines is 1. The van der Waals surface area contributed by atoms with Gasteiger partial charge in [0, 0.05) is 18.5 Å². The van der Waals surface area contributed by atoms with Gasteiger partial charge in [-0.05, 0) is 0 Å². The number of nitrogens with two attached hydrogens (primary N) is 1. The van der Waals surface area contributed by atoms with Crippen molar-refractivity contribution in [3.8, 4) is 11.4 Å². The first-order chi connectivity index (χ1) is 5.86. The Morgan fingerprint density at radius 1 is 1.31 bits per heavy atom. The summed E-state index contributed by atoms with van der Waals surface area (Å²) in [6, 6.07) is 1.71. The highest BCUT2D eigenvalue weighted by Crippen LogP contribution is 2.13. The number of hydrogen-bond donors (Lipinski definition) is 2. The minimum Gasteiger partial charge on any atom is -0.382 e. The summed E-state index contributed by atoms with van der Waals surface area (Å²) < 4.78 is 0. The topological polar surface area (TPSA) is 80.5 Å². The molecule has 0 saturated heterocycles. The number of hydrogen-bond acceptors (Lipinski definition) is 4. The van der Waals surface area contributed by atoms with Gasteiger partial charge in [0.05, 0.1) is 11.9 Å². The Morgan fingerprint density at radius 3 is 2.69 bits per heavy atom. The second-order valence-corrected chi connectivity index (χ2v) is 2.30. The maximum atomic E-state index is 5.43. The minimum absolute atomic E-state index is 0. The Bertz CT molecular complexity index is 371. The van der Waals surface area contributed by atoms with Crippen molar-refractivity contribution in [3.05, 3.63) is 24.7 Å². The van der Waals surface area contributed by atoms with E-state index in [-0.39, 0.29) is 12.4 Å². The summed E-state index contributed by atoms with van der Waals surface area (Å²) in [6.07, 6.45) is 4.88. The lowest BCUT2D eigenvalue weighted by Crippen LogP contribution is -1.83. The molecule has 0 saturated carbocycles. The van der Waals surface area contributed by atoms with E-state index in [4.69, 9.17) is 5.73 Å². The van der Waals surface area contributed by atoms with Crippen molar-refractivity contribution in [3.63, 3.8) is 0 Å². The van der Waals surface area contributed by atoms with Crippen LogP contribution in [0.2, 0.25) is 0 Å². The van der Waals surface area contributed by atoms with Crippen molar-refractivity contribution in [2.24, 2.45) is 0 Å². The zero-order valence-corrected chi connectivity index (χ0v) is 7.45. The molecule has 0 aliphatic carbocycles. The molecule has 0 aliphatic heterocycles. The van der Waals surface area contributed by atoms with Gasteiger partial charge in [0.1, 0.15) is 11.5 Å². The Balaban J connectivity index is 0.000000845. The number of nitrogens with zero attached hydrogens (tertiary/aromatic N) is 3. The van der Waals surface area contributed by atoms with E-state index in [0.29, 0.717) is 5.82 Å². The maximum Gasteiger partial charge on any atom is 0.145 e. The quantitative estimate of drug-likeness (QED) is 0.711. The molecular weight excluding hydrogens is 190 g/mol. The average Bonchev–Trinajstić information content (AvgIpc) is 2.54. The highest BCUT2D eigenvalue weighted by atomic mass is 35.5. The van der Waals surface area contributed by atoms with Gasteiger partial charge in [0.15, 0.2) is 0 Å². The zero-order chi connectivity index (χ0) is 8.39. The lowest BCUT2D eigenvalue weighted by atomic mass is 10.3. The third kappa shape index (κ3) is 1.94. The monoisotopic (exact) mass is 197 g/mol. The van der Waals surface area contributed by atoms with Gasteiger partial charge in [-0.1, -0.05) is 0 Å². The van der Waals surface area contributed by atoms with Gasteiger partial charge in [-0.25, -0.2) is 0 Å². The molecule has 3 N–H and O–H groups in total. The molecule has 68 valence electrons. The first kappa shape index (κ1) is 9.47. The standard InChI is InChI=1S/C7H7N5.ClH/c8-7-3-5(11-12-7)6-4-9-1-2-10-6;/h1-4H,(H3,8,11,12);1H. The number of aromatic nitrogens is 4. The molecule has 0 bridgehead atoms. The van der Waals surface area contributed by atoms with Crippen LogP contribution in [0, 0.1) is 0 Å². The van der Waals surface area contributed by atoms with E-state index in [1.165, 1.54) is 0 Å². The number of rotatable bonds is 1. The first-order valence-corrected chi connectivity index (χ1v) is 3.43. The van der Waals surface area contributed by atoms with Crippen LogP contribution in [0.4, 0.5) is 5.82 Å². The van der Waals surface area contributed by atoms with E-state index in [9.17, 15) is 0 Å². The Hall–Kier alpha value is -1.62. The summed E-state index contributed by atoms with van der Waals surface area (Å²) >= 11 is 0. The number of halogens is 1. The molecule has 0 aliphatic rings. The highest BCUT2D eigenvalue weighted by Gasteiger charge is 2.00. The number of nitrogen functional groups attached to an aromatic ring is 1. The van der Waals surface area contributed by atoms with Gasteiger partial charge in [0.25, 0.3) is 0 Å². The van der Waals surface area contributed by atoms with Crippen LogP contribution in [0.15, 0.2) is 24.7 Å². The van der Waals surface area contributed by atoms with Crippen molar-refractivity contribution < 1.29 is 0 Å². The predicted molar refractivity (Wildman–Crippen MR) is 51.3 cm³/mol. The van der Waals surface area contributed by atoms with E-state index >= 15 is 0 Å². The Labute approximate surface area is 80.8 Å². The molecule has 2 rings (SSSR count). The normalized spacial score (nSPS) is 9.23. The second-order valence-electron chi connectivity index (χ2n) is 2.30. The van der Waals surface area contributed by atoms with Gasteiger partial charge < -0.3 is 5.73 Å². The number of anilines is 1. The van der Waals surface area contributed by atoms with Crippen LogP contribution >= 0.6 is 12.4 Å². The van der Waals surface area contributed by atoms with Crippen LogP contribution in [0.5, 0.6) is 0 Å². The summed E-state index contributed by atoms with van der Waals surface area (Å²) in [7, 11) is 0. The van der Waals surface area contributed by atoms with Gasteiger partial charge in [-0.3, -0.25) is 15.1 Å². The van der Waals surface area contributed by atoms with E-state index < -0.39 is 0 Å². The minimum atomic E-state index is 0. The summed E-state index contributed by atoms with van der Waals surface area (Å²) in [6.45, 7) is 0. The Morgan fingerprint density at radius 2 is 2.15 bits per heavy atom. The van der Waals surface area contributed by atoms with Crippen molar-refractivity contribution in [2.45, 2.75) is 0 Å². The summed E-state index contributed by atoms with van der Waals surface area (Å²) in [5.41, 5.74) is 6.94. The van der Waals surface area contributed by atoms with E-state index in [0.717, 1.165) is 11.4 Å². The molecule has 2 aromatic rings. The molecule has 0 fully saturated rings. The molecule has 13 heavy (non-hydrogen) atoms. The van der Waals surface area contributed by atoms with Gasteiger partial charge >= 0.3 is 0 Å². The molecule has 0 radical (unpaired) electrons. The fourth-order valence-electron chi connectivity index (χ4n) is 0.907. The highest BCUT2D eigenvalue weighted by molar-refractivity contribution is 5.85. The maximum absolute atomic E-state index is 5.43. The largest absolute Gasteiger partial charge is 0.382 e.